The quantitative estimate of drug-likeness (QED) is 0.902. The fourth-order valence-electron chi connectivity index (χ4n) is 3.10. The molecular formula is C16H24FNO. The van der Waals surface area contributed by atoms with E-state index in [1.54, 1.807) is 12.1 Å². The zero-order chi connectivity index (χ0) is 13.8. The Kier molecular flexibility index (Phi) is 4.94. The summed E-state index contributed by atoms with van der Waals surface area (Å²) in [6, 6.07) is 7.24. The number of rotatable bonds is 4. The van der Waals surface area contributed by atoms with Gasteiger partial charge in [-0.1, -0.05) is 19.1 Å². The minimum atomic E-state index is -0.201. The van der Waals surface area contributed by atoms with Crippen LogP contribution in [0.4, 0.5) is 4.39 Å². The van der Waals surface area contributed by atoms with Crippen LogP contribution in [0.15, 0.2) is 24.3 Å². The molecular weight excluding hydrogens is 241 g/mol. The van der Waals surface area contributed by atoms with Gasteiger partial charge < -0.3 is 5.11 Å². The molecule has 106 valence electrons. The first-order valence-corrected chi connectivity index (χ1v) is 7.29. The Labute approximate surface area is 115 Å². The van der Waals surface area contributed by atoms with E-state index in [4.69, 9.17) is 0 Å². The van der Waals surface area contributed by atoms with Crippen molar-refractivity contribution < 1.29 is 9.50 Å². The molecule has 1 N–H and O–H groups in total. The summed E-state index contributed by atoms with van der Waals surface area (Å²) >= 11 is 0. The fraction of sp³-hybridized carbons (Fsp3) is 0.625. The van der Waals surface area contributed by atoms with Crippen molar-refractivity contribution >= 4 is 0 Å². The SMILES string of the molecule is CC[C@H](c1ccc(F)cc1)N1CCC([C@@H](C)O)CC1. The maximum Gasteiger partial charge on any atom is 0.123 e. The van der Waals surface area contributed by atoms with Crippen LogP contribution in [0.25, 0.3) is 0 Å². The molecule has 1 aromatic carbocycles. The Balaban J connectivity index is 2.01. The van der Waals surface area contributed by atoms with Crippen LogP contribution in [-0.4, -0.2) is 29.2 Å². The molecule has 1 aliphatic heterocycles. The summed E-state index contributed by atoms with van der Waals surface area (Å²) < 4.78 is 13.0. The minimum Gasteiger partial charge on any atom is -0.393 e. The first-order chi connectivity index (χ1) is 9.11. The van der Waals surface area contributed by atoms with Crippen LogP contribution in [0.1, 0.15) is 44.7 Å². The molecule has 0 amide bonds. The second-order valence-corrected chi connectivity index (χ2v) is 5.59. The molecule has 0 aromatic heterocycles. The lowest BCUT2D eigenvalue weighted by molar-refractivity contribution is 0.0545. The van der Waals surface area contributed by atoms with Gasteiger partial charge in [-0.25, -0.2) is 4.39 Å². The standard InChI is InChI=1S/C16H24FNO/c1-3-16(14-4-6-15(17)7-5-14)18-10-8-13(9-11-18)12(2)19/h4-7,12-13,16,19H,3,8-11H2,1-2H3/t12-,16-/m1/s1. The molecule has 2 rings (SSSR count). The van der Waals surface area contributed by atoms with E-state index in [2.05, 4.69) is 11.8 Å². The molecule has 0 unspecified atom stereocenters. The number of nitrogens with zero attached hydrogens (tertiary/aromatic N) is 1. The minimum absolute atomic E-state index is 0.175. The van der Waals surface area contributed by atoms with Crippen LogP contribution < -0.4 is 0 Å². The maximum atomic E-state index is 13.0. The average Bonchev–Trinajstić information content (AvgIpc) is 2.42. The van der Waals surface area contributed by atoms with Gasteiger partial charge >= 0.3 is 0 Å². The molecule has 1 heterocycles. The van der Waals surface area contributed by atoms with E-state index in [1.165, 1.54) is 5.56 Å². The Morgan fingerprint density at radius 1 is 1.26 bits per heavy atom. The summed E-state index contributed by atoms with van der Waals surface area (Å²) in [4.78, 5) is 2.46. The van der Waals surface area contributed by atoms with Crippen molar-refractivity contribution in [3.05, 3.63) is 35.6 Å². The monoisotopic (exact) mass is 265 g/mol. The summed E-state index contributed by atoms with van der Waals surface area (Å²) in [5.74, 6) is 0.258. The van der Waals surface area contributed by atoms with E-state index in [0.717, 1.165) is 32.4 Å². The average molecular weight is 265 g/mol. The number of benzene rings is 1. The lowest BCUT2D eigenvalue weighted by atomic mass is 9.90. The third-order valence-corrected chi connectivity index (χ3v) is 4.34. The molecule has 2 nitrogen and oxygen atoms in total. The number of likely N-dealkylation sites (tertiary alicyclic amines) is 1. The van der Waals surface area contributed by atoms with Gasteiger partial charge in [-0.2, -0.15) is 0 Å². The molecule has 0 aliphatic carbocycles. The van der Waals surface area contributed by atoms with Crippen LogP contribution in [0.3, 0.4) is 0 Å². The van der Waals surface area contributed by atoms with Crippen molar-refractivity contribution in [1.29, 1.82) is 0 Å². The zero-order valence-corrected chi connectivity index (χ0v) is 11.8. The molecule has 3 heteroatoms. The molecule has 0 radical (unpaired) electrons. The third-order valence-electron chi connectivity index (χ3n) is 4.34. The van der Waals surface area contributed by atoms with E-state index in [-0.39, 0.29) is 11.9 Å². The summed E-state index contributed by atoms with van der Waals surface area (Å²) in [5, 5.41) is 9.65. The molecule has 1 fully saturated rings. The topological polar surface area (TPSA) is 23.5 Å². The van der Waals surface area contributed by atoms with Crippen LogP contribution >= 0.6 is 0 Å². The Morgan fingerprint density at radius 3 is 2.32 bits per heavy atom. The summed E-state index contributed by atoms with van der Waals surface area (Å²) in [5.41, 5.74) is 1.19. The number of halogens is 1. The van der Waals surface area contributed by atoms with E-state index in [1.807, 2.05) is 19.1 Å². The van der Waals surface area contributed by atoms with Crippen molar-refractivity contribution in [2.24, 2.45) is 5.92 Å². The van der Waals surface area contributed by atoms with Crippen molar-refractivity contribution in [2.75, 3.05) is 13.1 Å². The highest BCUT2D eigenvalue weighted by atomic mass is 19.1. The number of aliphatic hydroxyl groups excluding tert-OH is 1. The van der Waals surface area contributed by atoms with E-state index in [0.29, 0.717) is 12.0 Å². The lowest BCUT2D eigenvalue weighted by Gasteiger charge is -2.38. The molecule has 1 saturated heterocycles. The molecule has 19 heavy (non-hydrogen) atoms. The van der Waals surface area contributed by atoms with E-state index >= 15 is 0 Å². The van der Waals surface area contributed by atoms with Crippen LogP contribution in [0, 0.1) is 11.7 Å². The first-order valence-electron chi connectivity index (χ1n) is 7.29. The van der Waals surface area contributed by atoms with Gasteiger partial charge in [0.2, 0.25) is 0 Å². The maximum absolute atomic E-state index is 13.0. The zero-order valence-electron chi connectivity index (χ0n) is 11.8. The number of piperidine rings is 1. The van der Waals surface area contributed by atoms with Crippen LogP contribution in [0.5, 0.6) is 0 Å². The van der Waals surface area contributed by atoms with E-state index < -0.39 is 0 Å². The highest BCUT2D eigenvalue weighted by molar-refractivity contribution is 5.20. The molecule has 0 spiro atoms. The predicted octanol–water partition coefficient (Wildman–Crippen LogP) is 3.37. The number of aliphatic hydroxyl groups is 1. The predicted molar refractivity (Wildman–Crippen MR) is 75.4 cm³/mol. The smallest absolute Gasteiger partial charge is 0.123 e. The second-order valence-electron chi connectivity index (χ2n) is 5.59. The van der Waals surface area contributed by atoms with Crippen LogP contribution in [0.2, 0.25) is 0 Å². The van der Waals surface area contributed by atoms with Gasteiger partial charge in [0.25, 0.3) is 0 Å². The largest absolute Gasteiger partial charge is 0.393 e. The van der Waals surface area contributed by atoms with Gasteiger partial charge in [0, 0.05) is 6.04 Å². The van der Waals surface area contributed by atoms with Gasteiger partial charge in [-0.3, -0.25) is 4.90 Å². The van der Waals surface area contributed by atoms with Crippen molar-refractivity contribution in [1.82, 2.24) is 4.90 Å². The van der Waals surface area contributed by atoms with Crippen molar-refractivity contribution in [3.8, 4) is 0 Å². The lowest BCUT2D eigenvalue weighted by Crippen LogP contribution is -2.39. The van der Waals surface area contributed by atoms with Crippen molar-refractivity contribution in [3.63, 3.8) is 0 Å². The highest BCUT2D eigenvalue weighted by Crippen LogP contribution is 2.30. The van der Waals surface area contributed by atoms with Gasteiger partial charge in [-0.05, 0) is 62.9 Å². The molecule has 2 atom stereocenters. The Morgan fingerprint density at radius 2 is 1.84 bits per heavy atom. The highest BCUT2D eigenvalue weighted by Gasteiger charge is 2.27. The second kappa shape index (κ2) is 6.49. The Bertz CT molecular complexity index is 382. The van der Waals surface area contributed by atoms with Gasteiger partial charge in [0.05, 0.1) is 6.10 Å². The third kappa shape index (κ3) is 3.54. The van der Waals surface area contributed by atoms with Gasteiger partial charge in [-0.15, -0.1) is 0 Å². The van der Waals surface area contributed by atoms with Gasteiger partial charge in [0.1, 0.15) is 5.82 Å². The van der Waals surface area contributed by atoms with Crippen LogP contribution in [-0.2, 0) is 0 Å². The summed E-state index contributed by atoms with van der Waals surface area (Å²) in [6.07, 6.45) is 2.93. The fourth-order valence-corrected chi connectivity index (χ4v) is 3.10. The normalized spacial score (nSPS) is 21.3. The summed E-state index contributed by atoms with van der Waals surface area (Å²) in [6.45, 7) is 6.10. The number of hydrogen-bond acceptors (Lipinski definition) is 2. The van der Waals surface area contributed by atoms with Crippen molar-refractivity contribution in [2.45, 2.75) is 45.3 Å². The molecule has 0 saturated carbocycles. The van der Waals surface area contributed by atoms with E-state index in [9.17, 15) is 9.50 Å². The molecule has 0 bridgehead atoms. The molecule has 1 aromatic rings. The van der Waals surface area contributed by atoms with Gasteiger partial charge in [0.15, 0.2) is 0 Å². The molecule has 1 aliphatic rings. The number of hydrogen-bond donors (Lipinski definition) is 1. The first kappa shape index (κ1) is 14.5. The summed E-state index contributed by atoms with van der Waals surface area (Å²) in [7, 11) is 0. The Hall–Kier alpha value is -0.930.